The number of carbonyl (C=O) groups is 1. The maximum atomic E-state index is 12.4. The minimum Gasteiger partial charge on any atom is -0.493 e. The molecule has 0 fully saturated rings. The number of carbonyl (C=O) groups excluding carboxylic acids is 1. The van der Waals surface area contributed by atoms with Crippen molar-refractivity contribution in [2.45, 2.75) is 13.3 Å². The molecule has 1 aliphatic heterocycles. The average Bonchev–Trinajstić information content (AvgIpc) is 2.91. The van der Waals surface area contributed by atoms with Crippen LogP contribution in [0.3, 0.4) is 0 Å². The highest BCUT2D eigenvalue weighted by Crippen LogP contribution is 2.37. The third-order valence-electron chi connectivity index (χ3n) is 3.27. The molecule has 6 nitrogen and oxygen atoms in total. The summed E-state index contributed by atoms with van der Waals surface area (Å²) < 4.78 is 10.8. The van der Waals surface area contributed by atoms with E-state index in [1.165, 1.54) is 11.3 Å². The Kier molecular flexibility index (Phi) is 3.72. The first kappa shape index (κ1) is 14.4. The van der Waals surface area contributed by atoms with Crippen molar-refractivity contribution < 1.29 is 14.3 Å². The van der Waals surface area contributed by atoms with Gasteiger partial charge in [0.05, 0.1) is 18.4 Å². The van der Waals surface area contributed by atoms with Crippen LogP contribution < -0.4 is 20.5 Å². The van der Waals surface area contributed by atoms with Crippen molar-refractivity contribution in [2.75, 3.05) is 12.4 Å². The Balaban J connectivity index is 1.84. The lowest BCUT2D eigenvalue weighted by molar-refractivity contribution is -0.113. The van der Waals surface area contributed by atoms with E-state index in [0.29, 0.717) is 28.6 Å². The highest BCUT2D eigenvalue weighted by atomic mass is 32.1. The number of thiazole rings is 1. The minimum absolute atomic E-state index is 0.0859. The minimum atomic E-state index is -0.305. The molecule has 0 saturated heterocycles. The molecule has 1 aromatic heterocycles. The second-order valence-electron chi connectivity index (χ2n) is 4.82. The quantitative estimate of drug-likeness (QED) is 0.906. The molecule has 1 amide bonds. The van der Waals surface area contributed by atoms with Crippen molar-refractivity contribution in [2.24, 2.45) is 5.73 Å². The predicted octanol–water partition coefficient (Wildman–Crippen LogP) is 2.20. The number of nitrogens with zero attached hydrogens (tertiary/aromatic N) is 1. The zero-order valence-electron chi connectivity index (χ0n) is 12.2. The number of hydrogen-bond acceptors (Lipinski definition) is 6. The monoisotopic (exact) mass is 317 g/mol. The Hall–Kier alpha value is -2.54. The topological polar surface area (TPSA) is 86.5 Å². The number of ether oxygens (including phenoxy) is 2. The first-order chi connectivity index (χ1) is 10.6. The molecule has 114 valence electrons. The number of rotatable bonds is 3. The number of nitrogens with two attached hydrogens (primary N) is 1. The lowest BCUT2D eigenvalue weighted by atomic mass is 10.0. The number of hydrogen-bond donors (Lipinski definition) is 2. The third-order valence-corrected chi connectivity index (χ3v) is 4.15. The van der Waals surface area contributed by atoms with Crippen molar-refractivity contribution in [3.8, 4) is 11.5 Å². The summed E-state index contributed by atoms with van der Waals surface area (Å²) in [5.74, 6) is 0.933. The molecule has 0 spiro atoms. The molecule has 22 heavy (non-hydrogen) atoms. The van der Waals surface area contributed by atoms with E-state index < -0.39 is 0 Å². The van der Waals surface area contributed by atoms with E-state index in [2.05, 4.69) is 10.3 Å². The third kappa shape index (κ3) is 2.62. The average molecular weight is 317 g/mol. The van der Waals surface area contributed by atoms with Gasteiger partial charge in [-0.2, -0.15) is 0 Å². The van der Waals surface area contributed by atoms with Gasteiger partial charge >= 0.3 is 0 Å². The second kappa shape index (κ2) is 5.69. The number of benzene rings is 1. The molecule has 1 aromatic carbocycles. The van der Waals surface area contributed by atoms with Crippen LogP contribution in [0, 0.1) is 6.92 Å². The maximum Gasteiger partial charge on any atom is 0.259 e. The second-order valence-corrected chi connectivity index (χ2v) is 5.68. The number of fused-ring (bicyclic) bond motifs is 1. The Morgan fingerprint density at radius 3 is 3.00 bits per heavy atom. The Morgan fingerprint density at radius 1 is 1.50 bits per heavy atom. The number of para-hydroxylation sites is 1. The van der Waals surface area contributed by atoms with Gasteiger partial charge in [0.2, 0.25) is 0 Å². The summed E-state index contributed by atoms with van der Waals surface area (Å²) in [7, 11) is 1.56. The first-order valence-corrected chi connectivity index (χ1v) is 7.52. The number of anilines is 1. The van der Waals surface area contributed by atoms with E-state index in [-0.39, 0.29) is 11.8 Å². The Morgan fingerprint density at radius 2 is 2.32 bits per heavy atom. The van der Waals surface area contributed by atoms with Crippen LogP contribution in [0.5, 0.6) is 11.5 Å². The molecule has 0 atom stereocenters. The fourth-order valence-electron chi connectivity index (χ4n) is 2.20. The van der Waals surface area contributed by atoms with E-state index in [1.54, 1.807) is 13.2 Å². The van der Waals surface area contributed by atoms with Gasteiger partial charge in [-0.05, 0) is 13.0 Å². The lowest BCUT2D eigenvalue weighted by Gasteiger charge is -2.21. The van der Waals surface area contributed by atoms with Gasteiger partial charge in [0.1, 0.15) is 0 Å². The van der Waals surface area contributed by atoms with Crippen LogP contribution in [-0.4, -0.2) is 18.0 Å². The van der Waals surface area contributed by atoms with Gasteiger partial charge in [-0.15, -0.1) is 11.3 Å². The fourth-order valence-corrected chi connectivity index (χ4v) is 2.89. The molecule has 3 N–H and O–H groups in total. The summed E-state index contributed by atoms with van der Waals surface area (Å²) in [6, 6.07) is 5.52. The van der Waals surface area contributed by atoms with Crippen molar-refractivity contribution in [1.29, 1.82) is 0 Å². The SMILES string of the molecule is COc1cccc2c1OC(N)=C(C(=O)Nc1nc(C)cs1)C2. The van der Waals surface area contributed by atoms with Gasteiger partial charge in [-0.3, -0.25) is 10.1 Å². The summed E-state index contributed by atoms with van der Waals surface area (Å²) >= 11 is 1.37. The van der Waals surface area contributed by atoms with Crippen molar-refractivity contribution in [3.63, 3.8) is 0 Å². The van der Waals surface area contributed by atoms with Gasteiger partial charge in [0, 0.05) is 17.4 Å². The molecular formula is C15H15N3O3S. The van der Waals surface area contributed by atoms with Crippen LogP contribution in [0.1, 0.15) is 11.3 Å². The lowest BCUT2D eigenvalue weighted by Crippen LogP contribution is -2.26. The molecule has 0 saturated carbocycles. The van der Waals surface area contributed by atoms with Crippen molar-refractivity contribution in [1.82, 2.24) is 4.98 Å². The molecule has 0 bridgehead atoms. The van der Waals surface area contributed by atoms with E-state index in [1.807, 2.05) is 24.4 Å². The van der Waals surface area contributed by atoms with Crippen molar-refractivity contribution in [3.05, 3.63) is 46.3 Å². The van der Waals surface area contributed by atoms with Crippen LogP contribution in [0.4, 0.5) is 5.13 Å². The molecule has 1 aliphatic rings. The van der Waals surface area contributed by atoms with Gasteiger partial charge in [-0.25, -0.2) is 4.98 Å². The predicted molar refractivity (Wildman–Crippen MR) is 84.0 cm³/mol. The number of amides is 1. The summed E-state index contributed by atoms with van der Waals surface area (Å²) in [6.45, 7) is 1.87. The van der Waals surface area contributed by atoms with E-state index >= 15 is 0 Å². The largest absolute Gasteiger partial charge is 0.493 e. The Labute approximate surface area is 131 Å². The normalized spacial score (nSPS) is 13.4. The smallest absolute Gasteiger partial charge is 0.259 e. The summed E-state index contributed by atoms with van der Waals surface area (Å²) in [6.07, 6.45) is 0.383. The molecule has 0 aliphatic carbocycles. The summed E-state index contributed by atoms with van der Waals surface area (Å²) in [5, 5.41) is 5.15. The molecule has 0 unspecified atom stereocenters. The summed E-state index contributed by atoms with van der Waals surface area (Å²) in [4.78, 5) is 16.6. The molecule has 0 radical (unpaired) electrons. The van der Waals surface area contributed by atoms with Gasteiger partial charge in [-0.1, -0.05) is 12.1 Å². The Bertz CT molecular complexity index is 767. The highest BCUT2D eigenvalue weighted by molar-refractivity contribution is 7.13. The fraction of sp³-hybridized carbons (Fsp3) is 0.200. The van der Waals surface area contributed by atoms with Crippen LogP contribution in [0.2, 0.25) is 0 Å². The highest BCUT2D eigenvalue weighted by Gasteiger charge is 2.26. The van der Waals surface area contributed by atoms with E-state index in [4.69, 9.17) is 15.2 Å². The van der Waals surface area contributed by atoms with E-state index in [9.17, 15) is 4.79 Å². The van der Waals surface area contributed by atoms with Crippen molar-refractivity contribution >= 4 is 22.4 Å². The first-order valence-electron chi connectivity index (χ1n) is 6.64. The van der Waals surface area contributed by atoms with Crippen LogP contribution in [0.15, 0.2) is 35.0 Å². The molecular weight excluding hydrogens is 302 g/mol. The molecule has 2 heterocycles. The van der Waals surface area contributed by atoms with Gasteiger partial charge < -0.3 is 15.2 Å². The van der Waals surface area contributed by atoms with Crippen LogP contribution in [-0.2, 0) is 11.2 Å². The van der Waals surface area contributed by atoms with Gasteiger partial charge in [0.15, 0.2) is 22.5 Å². The van der Waals surface area contributed by atoms with Gasteiger partial charge in [0.25, 0.3) is 5.91 Å². The zero-order chi connectivity index (χ0) is 15.7. The van der Waals surface area contributed by atoms with E-state index in [0.717, 1.165) is 11.3 Å². The number of aromatic nitrogens is 1. The molecule has 3 rings (SSSR count). The maximum absolute atomic E-state index is 12.4. The standard InChI is InChI=1S/C15H15N3O3S/c1-8-7-22-15(17-8)18-14(19)10-6-9-4-3-5-11(20-2)12(9)21-13(10)16/h3-5,7H,6,16H2,1-2H3,(H,17,18,19). The summed E-state index contributed by atoms with van der Waals surface area (Å²) in [5.41, 5.74) is 8.00. The molecule has 2 aromatic rings. The number of methoxy groups -OCH3 is 1. The van der Waals surface area contributed by atoms with Crippen LogP contribution >= 0.6 is 11.3 Å². The number of aryl methyl sites for hydroxylation is 1. The number of nitrogens with one attached hydrogen (secondary N) is 1. The van der Waals surface area contributed by atoms with Crippen LogP contribution in [0.25, 0.3) is 0 Å². The molecule has 7 heteroatoms. The zero-order valence-corrected chi connectivity index (χ0v) is 13.0.